The normalized spacial score (nSPS) is 23.2. The molecule has 7 nitrogen and oxygen atoms in total. The number of nitriles is 1. The van der Waals surface area contributed by atoms with Crippen molar-refractivity contribution in [2.24, 2.45) is 0 Å². The van der Waals surface area contributed by atoms with Crippen molar-refractivity contribution in [1.82, 2.24) is 10.3 Å². The van der Waals surface area contributed by atoms with Gasteiger partial charge < -0.3 is 20.6 Å². The van der Waals surface area contributed by atoms with E-state index in [1.807, 2.05) is 30.3 Å². The van der Waals surface area contributed by atoms with E-state index in [0.717, 1.165) is 56.2 Å². The van der Waals surface area contributed by atoms with Gasteiger partial charge in [-0.05, 0) is 73.7 Å². The van der Waals surface area contributed by atoms with Crippen molar-refractivity contribution in [3.63, 3.8) is 0 Å². The fourth-order valence-electron chi connectivity index (χ4n) is 4.89. The largest absolute Gasteiger partial charge is 0.478 e. The Hall–Kier alpha value is -3.37. The van der Waals surface area contributed by atoms with Gasteiger partial charge in [-0.3, -0.25) is 0 Å². The lowest BCUT2D eigenvalue weighted by molar-refractivity contribution is -0.131. The van der Waals surface area contributed by atoms with Crippen LogP contribution in [0.5, 0.6) is 0 Å². The van der Waals surface area contributed by atoms with E-state index in [0.29, 0.717) is 17.6 Å². The molecular formula is C26H31N5O2. The summed E-state index contributed by atoms with van der Waals surface area (Å²) in [6.45, 7) is 2.00. The highest BCUT2D eigenvalue weighted by Crippen LogP contribution is 2.25. The molecule has 2 aromatic rings. The van der Waals surface area contributed by atoms with Crippen molar-refractivity contribution in [3.8, 4) is 6.07 Å². The molecule has 3 unspecified atom stereocenters. The summed E-state index contributed by atoms with van der Waals surface area (Å²) < 4.78 is 0. The Kier molecular flexibility index (Phi) is 7.59. The van der Waals surface area contributed by atoms with E-state index in [4.69, 9.17) is 10.4 Å². The lowest BCUT2D eigenvalue weighted by atomic mass is 9.89. The predicted octanol–water partition coefficient (Wildman–Crippen LogP) is 4.03. The number of aromatic nitrogens is 1. The maximum Gasteiger partial charge on any atom is 0.328 e. The second kappa shape index (κ2) is 11.0. The molecule has 0 radical (unpaired) electrons. The molecule has 3 atom stereocenters. The molecule has 1 aliphatic carbocycles. The molecule has 33 heavy (non-hydrogen) atoms. The summed E-state index contributed by atoms with van der Waals surface area (Å²) in [6.07, 6.45) is 11.4. The summed E-state index contributed by atoms with van der Waals surface area (Å²) in [6, 6.07) is 14.8. The highest BCUT2D eigenvalue weighted by Gasteiger charge is 2.29. The molecule has 0 amide bonds. The van der Waals surface area contributed by atoms with Gasteiger partial charge in [0.25, 0.3) is 0 Å². The number of nitrogens with one attached hydrogen (secondary N) is 2. The van der Waals surface area contributed by atoms with Crippen LogP contribution in [0, 0.1) is 11.3 Å². The average Bonchev–Trinajstić information content (AvgIpc) is 2.84. The zero-order valence-corrected chi connectivity index (χ0v) is 18.8. The van der Waals surface area contributed by atoms with Gasteiger partial charge >= 0.3 is 5.97 Å². The average molecular weight is 446 g/mol. The molecule has 0 spiro atoms. The van der Waals surface area contributed by atoms with Gasteiger partial charge in [-0.15, -0.1) is 0 Å². The van der Waals surface area contributed by atoms with Crippen molar-refractivity contribution in [2.75, 3.05) is 23.3 Å². The molecule has 1 saturated carbocycles. The minimum atomic E-state index is -0.958. The van der Waals surface area contributed by atoms with Gasteiger partial charge in [0.15, 0.2) is 0 Å². The number of benzene rings is 1. The first kappa shape index (κ1) is 22.8. The maximum absolute atomic E-state index is 10.8. The number of hydrogen-bond acceptors (Lipinski definition) is 6. The topological polar surface area (TPSA) is 101 Å². The summed E-state index contributed by atoms with van der Waals surface area (Å²) in [4.78, 5) is 17.7. The lowest BCUT2D eigenvalue weighted by Gasteiger charge is -2.40. The van der Waals surface area contributed by atoms with Crippen LogP contribution in [0.25, 0.3) is 6.08 Å². The number of carbonyl (C=O) groups is 1. The smallest absolute Gasteiger partial charge is 0.328 e. The van der Waals surface area contributed by atoms with Crippen LogP contribution < -0.4 is 15.5 Å². The SMILES string of the molecule is N#Cc1ccc(N2CCCC(NC3CCCCC3Nc3cc(C=CC(=O)O)ccn3)C2)cc1. The molecule has 3 N–H and O–H groups in total. The van der Waals surface area contributed by atoms with Crippen LogP contribution >= 0.6 is 0 Å². The molecule has 1 aliphatic heterocycles. The third kappa shape index (κ3) is 6.33. The highest BCUT2D eigenvalue weighted by atomic mass is 16.4. The number of anilines is 2. The van der Waals surface area contributed by atoms with Crippen LogP contribution in [0.4, 0.5) is 11.5 Å². The molecule has 4 rings (SSSR count). The number of carboxylic acid groups (broad SMARTS) is 1. The Morgan fingerprint density at radius 3 is 2.67 bits per heavy atom. The Labute approximate surface area is 195 Å². The summed E-state index contributed by atoms with van der Waals surface area (Å²) in [7, 11) is 0. The van der Waals surface area contributed by atoms with Crippen LogP contribution in [0.3, 0.4) is 0 Å². The fraction of sp³-hybridized carbons (Fsp3) is 0.423. The summed E-state index contributed by atoms with van der Waals surface area (Å²) in [5, 5.41) is 25.4. The van der Waals surface area contributed by atoms with E-state index in [1.165, 1.54) is 18.5 Å². The standard InChI is InChI=1S/C26H31N5O2/c27-17-20-7-10-22(11-8-20)31-15-3-4-21(18-31)29-23-5-1-2-6-24(23)30-25-16-19(13-14-28-25)9-12-26(32)33/h7-14,16,21,23-24,29H,1-6,15,18H2,(H,28,30)(H,32,33). The minimum absolute atomic E-state index is 0.287. The number of hydrogen-bond donors (Lipinski definition) is 3. The van der Waals surface area contributed by atoms with Crippen LogP contribution in [0.15, 0.2) is 48.7 Å². The first-order valence-electron chi connectivity index (χ1n) is 11.8. The molecule has 1 aromatic heterocycles. The second-order valence-corrected chi connectivity index (χ2v) is 8.90. The first-order chi connectivity index (χ1) is 16.1. The molecule has 2 fully saturated rings. The van der Waals surface area contributed by atoms with Gasteiger partial charge in [-0.2, -0.15) is 5.26 Å². The number of piperidine rings is 1. The molecular weight excluding hydrogens is 414 g/mol. The number of carboxylic acids is 1. The lowest BCUT2D eigenvalue weighted by Crippen LogP contribution is -2.55. The van der Waals surface area contributed by atoms with E-state index in [-0.39, 0.29) is 6.04 Å². The molecule has 7 heteroatoms. The predicted molar refractivity (Wildman–Crippen MR) is 130 cm³/mol. The maximum atomic E-state index is 10.8. The minimum Gasteiger partial charge on any atom is -0.478 e. The molecule has 172 valence electrons. The second-order valence-electron chi connectivity index (χ2n) is 8.90. The number of rotatable bonds is 7. The zero-order chi connectivity index (χ0) is 23.0. The third-order valence-electron chi connectivity index (χ3n) is 6.53. The molecule has 0 bridgehead atoms. The Bertz CT molecular complexity index is 1010. The number of nitrogens with zero attached hydrogens (tertiary/aromatic N) is 3. The van der Waals surface area contributed by atoms with E-state index < -0.39 is 5.97 Å². The van der Waals surface area contributed by atoms with Crippen LogP contribution in [0.1, 0.15) is 49.7 Å². The highest BCUT2D eigenvalue weighted by molar-refractivity contribution is 5.85. The van der Waals surface area contributed by atoms with Crippen LogP contribution in [0.2, 0.25) is 0 Å². The van der Waals surface area contributed by atoms with E-state index >= 15 is 0 Å². The Morgan fingerprint density at radius 1 is 1.12 bits per heavy atom. The number of pyridine rings is 1. The summed E-state index contributed by atoms with van der Waals surface area (Å²) >= 11 is 0. The molecule has 2 aliphatic rings. The third-order valence-corrected chi connectivity index (χ3v) is 6.53. The van der Waals surface area contributed by atoms with Crippen molar-refractivity contribution >= 4 is 23.6 Å². The van der Waals surface area contributed by atoms with Gasteiger partial charge in [0.05, 0.1) is 11.6 Å². The van der Waals surface area contributed by atoms with Crippen molar-refractivity contribution in [2.45, 2.75) is 56.7 Å². The molecule has 2 heterocycles. The van der Waals surface area contributed by atoms with Gasteiger partial charge in [0.2, 0.25) is 0 Å². The monoisotopic (exact) mass is 445 g/mol. The van der Waals surface area contributed by atoms with Gasteiger partial charge in [-0.1, -0.05) is 12.8 Å². The summed E-state index contributed by atoms with van der Waals surface area (Å²) in [5.41, 5.74) is 2.69. The van der Waals surface area contributed by atoms with E-state index in [9.17, 15) is 4.79 Å². The molecule has 1 saturated heterocycles. The zero-order valence-electron chi connectivity index (χ0n) is 18.8. The fourth-order valence-corrected chi connectivity index (χ4v) is 4.89. The van der Waals surface area contributed by atoms with Gasteiger partial charge in [-0.25, -0.2) is 9.78 Å². The molecule has 1 aromatic carbocycles. The number of aliphatic carboxylic acids is 1. The first-order valence-corrected chi connectivity index (χ1v) is 11.8. The van der Waals surface area contributed by atoms with Gasteiger partial charge in [0.1, 0.15) is 5.82 Å². The van der Waals surface area contributed by atoms with Crippen molar-refractivity contribution in [3.05, 3.63) is 59.8 Å². The van der Waals surface area contributed by atoms with Gasteiger partial charge in [0, 0.05) is 49.2 Å². The van der Waals surface area contributed by atoms with Crippen molar-refractivity contribution < 1.29 is 9.90 Å². The van der Waals surface area contributed by atoms with Crippen molar-refractivity contribution in [1.29, 1.82) is 5.26 Å². The van der Waals surface area contributed by atoms with E-state index in [1.54, 1.807) is 18.3 Å². The van der Waals surface area contributed by atoms with Crippen LogP contribution in [-0.2, 0) is 4.79 Å². The Morgan fingerprint density at radius 2 is 1.91 bits per heavy atom. The van der Waals surface area contributed by atoms with Crippen LogP contribution in [-0.4, -0.2) is 47.3 Å². The van der Waals surface area contributed by atoms with E-state index in [2.05, 4.69) is 26.6 Å². The quantitative estimate of drug-likeness (QED) is 0.553. The summed E-state index contributed by atoms with van der Waals surface area (Å²) in [5.74, 6) is -0.176. The Balaban J connectivity index is 1.38.